The topological polar surface area (TPSA) is 46.0 Å². The van der Waals surface area contributed by atoms with E-state index in [1.165, 1.54) is 33.0 Å². The van der Waals surface area contributed by atoms with Crippen molar-refractivity contribution >= 4 is 22.4 Å². The van der Waals surface area contributed by atoms with Crippen LogP contribution >= 0.6 is 0 Å². The molecule has 0 bridgehead atoms. The molecule has 1 atom stereocenters. The Labute approximate surface area is 278 Å². The van der Waals surface area contributed by atoms with E-state index < -0.39 is 5.41 Å². The van der Waals surface area contributed by atoms with Crippen LogP contribution in [0.4, 0.5) is 0 Å². The van der Waals surface area contributed by atoms with Crippen molar-refractivity contribution in [2.24, 2.45) is 9.98 Å². The van der Waals surface area contributed by atoms with Gasteiger partial charge in [0.05, 0.1) is 5.41 Å². The van der Waals surface area contributed by atoms with Gasteiger partial charge in [-0.3, -0.25) is 0 Å². The van der Waals surface area contributed by atoms with Gasteiger partial charge in [-0.1, -0.05) is 140 Å². The van der Waals surface area contributed by atoms with E-state index in [4.69, 9.17) is 14.7 Å². The van der Waals surface area contributed by atoms with E-state index in [0.29, 0.717) is 5.84 Å². The Balaban J connectivity index is 1.28. The van der Waals surface area contributed by atoms with Crippen LogP contribution in [0.2, 0.25) is 0 Å². The number of fused-ring (bicyclic) bond motifs is 10. The molecule has 0 amide bonds. The summed E-state index contributed by atoms with van der Waals surface area (Å²) in [5, 5.41) is 6.17. The summed E-state index contributed by atoms with van der Waals surface area (Å²) in [6, 6.07) is 57.8. The van der Waals surface area contributed by atoms with Crippen LogP contribution in [0.1, 0.15) is 45.1 Å². The number of benzene rings is 7. The number of nitrogens with zero attached hydrogens (tertiary/aromatic N) is 2. The Hall–Kier alpha value is -6.26. The van der Waals surface area contributed by atoms with Gasteiger partial charge in [0.1, 0.15) is 23.5 Å². The molecule has 0 aromatic heterocycles. The summed E-state index contributed by atoms with van der Waals surface area (Å²) >= 11 is 0. The zero-order valence-corrected chi connectivity index (χ0v) is 26.0. The Bertz CT molecular complexity index is 2420. The summed E-state index contributed by atoms with van der Waals surface area (Å²) in [4.78, 5) is 10.4. The molecule has 4 nitrogen and oxygen atoms in total. The fourth-order valence-corrected chi connectivity index (χ4v) is 7.96. The molecule has 7 aromatic carbocycles. The van der Waals surface area contributed by atoms with Crippen LogP contribution in [0.25, 0.3) is 21.9 Å². The average Bonchev–Trinajstić information content (AvgIpc) is 3.44. The maximum atomic E-state index is 6.60. The summed E-state index contributed by atoms with van der Waals surface area (Å²) in [5.74, 6) is 3.28. The van der Waals surface area contributed by atoms with E-state index in [1.54, 1.807) is 0 Å². The quantitative estimate of drug-likeness (QED) is 0.215. The lowest BCUT2D eigenvalue weighted by Gasteiger charge is -2.39. The molecular weight excluding hydrogens is 587 g/mol. The predicted octanol–water partition coefficient (Wildman–Crippen LogP) is 9.80. The van der Waals surface area contributed by atoms with E-state index in [9.17, 15) is 0 Å². The Morgan fingerprint density at radius 1 is 0.521 bits per heavy atom. The summed E-state index contributed by atoms with van der Waals surface area (Å²) in [6.45, 7) is 0. The lowest BCUT2D eigenvalue weighted by atomic mass is 9.66. The molecule has 48 heavy (non-hydrogen) atoms. The van der Waals surface area contributed by atoms with Crippen molar-refractivity contribution in [3.8, 4) is 22.6 Å². The normalized spacial score (nSPS) is 16.5. The van der Waals surface area contributed by atoms with Gasteiger partial charge in [-0.15, -0.1) is 0 Å². The summed E-state index contributed by atoms with van der Waals surface area (Å²) in [6.07, 6.45) is -0.373. The molecule has 226 valence electrons. The maximum absolute atomic E-state index is 6.60. The first kappa shape index (κ1) is 26.9. The van der Waals surface area contributed by atoms with E-state index in [-0.39, 0.29) is 6.17 Å². The lowest BCUT2D eigenvalue weighted by molar-refractivity contribution is 0.436. The van der Waals surface area contributed by atoms with Crippen LogP contribution in [0.5, 0.6) is 11.5 Å². The molecule has 2 aliphatic heterocycles. The maximum Gasteiger partial charge on any atom is 0.159 e. The van der Waals surface area contributed by atoms with Gasteiger partial charge in [0.2, 0.25) is 0 Å². The van der Waals surface area contributed by atoms with Crippen LogP contribution in [-0.4, -0.2) is 11.7 Å². The second-order valence-corrected chi connectivity index (χ2v) is 12.6. The van der Waals surface area contributed by atoms with Crippen LogP contribution in [0.3, 0.4) is 0 Å². The van der Waals surface area contributed by atoms with Crippen molar-refractivity contribution in [3.63, 3.8) is 0 Å². The molecule has 0 saturated heterocycles. The van der Waals surface area contributed by atoms with Crippen LogP contribution in [0.15, 0.2) is 174 Å². The number of amidine groups is 2. The molecule has 1 spiro atoms. The number of aliphatic imine (C=N–C) groups is 2. The standard InChI is InChI=1S/C44H29N3O/c1-3-14-28(15-4-1)41-45-42(29-16-5-2-6-17-29)47-43(46-41)32-20-13-23-36-40(32)33-26-30-18-7-8-19-31(30)27-37(33)44(36)34-21-9-11-24-38(34)48-39-25-12-10-22-35(39)44/h1-27,43H,(H,45,46,47). The van der Waals surface area contributed by atoms with Gasteiger partial charge in [-0.05, 0) is 57.3 Å². The molecule has 1 N–H and O–H groups in total. The number of nitrogens with one attached hydrogen (secondary N) is 1. The van der Waals surface area contributed by atoms with E-state index in [1.807, 2.05) is 36.4 Å². The Kier molecular flexibility index (Phi) is 5.82. The largest absolute Gasteiger partial charge is 0.457 e. The fraction of sp³-hybridized carbons (Fsp3) is 0.0455. The summed E-state index contributed by atoms with van der Waals surface area (Å²) < 4.78 is 6.60. The molecule has 0 radical (unpaired) electrons. The molecule has 0 fully saturated rings. The van der Waals surface area contributed by atoms with Gasteiger partial charge < -0.3 is 10.1 Å². The minimum atomic E-state index is -0.576. The molecular formula is C44H29N3O. The summed E-state index contributed by atoms with van der Waals surface area (Å²) in [7, 11) is 0. The van der Waals surface area contributed by atoms with Gasteiger partial charge in [0.15, 0.2) is 5.84 Å². The highest BCUT2D eigenvalue weighted by Crippen LogP contribution is 2.63. The minimum absolute atomic E-state index is 0.373. The second kappa shape index (κ2) is 10.4. The molecule has 10 rings (SSSR count). The van der Waals surface area contributed by atoms with Crippen LogP contribution in [-0.2, 0) is 5.41 Å². The van der Waals surface area contributed by atoms with E-state index in [0.717, 1.165) is 45.2 Å². The number of para-hydroxylation sites is 2. The SMILES string of the molecule is c1ccc(C2=NC(c3cccc4c3-c3cc5ccccc5cc3C43c4ccccc4Oc4ccccc43)NC(c3ccccc3)=N2)cc1. The van der Waals surface area contributed by atoms with Crippen molar-refractivity contribution in [1.29, 1.82) is 0 Å². The van der Waals surface area contributed by atoms with Crippen LogP contribution in [0, 0.1) is 0 Å². The third-order valence-corrected chi connectivity index (χ3v) is 9.98. The number of ether oxygens (including phenoxy) is 1. The lowest BCUT2D eigenvalue weighted by Crippen LogP contribution is -2.34. The monoisotopic (exact) mass is 615 g/mol. The Morgan fingerprint density at radius 2 is 1.10 bits per heavy atom. The van der Waals surface area contributed by atoms with Gasteiger partial charge in [0.25, 0.3) is 0 Å². The van der Waals surface area contributed by atoms with E-state index in [2.05, 4.69) is 133 Å². The van der Waals surface area contributed by atoms with Gasteiger partial charge in [-0.25, -0.2) is 9.98 Å². The molecule has 3 aliphatic rings. The highest BCUT2D eigenvalue weighted by Gasteiger charge is 2.52. The number of hydrogen-bond donors (Lipinski definition) is 1. The van der Waals surface area contributed by atoms with Crippen molar-refractivity contribution in [2.45, 2.75) is 11.6 Å². The van der Waals surface area contributed by atoms with Gasteiger partial charge >= 0.3 is 0 Å². The molecule has 7 aromatic rings. The van der Waals surface area contributed by atoms with Gasteiger partial charge in [0, 0.05) is 27.8 Å². The van der Waals surface area contributed by atoms with Crippen molar-refractivity contribution in [3.05, 3.63) is 203 Å². The fourth-order valence-electron chi connectivity index (χ4n) is 7.96. The zero-order valence-electron chi connectivity index (χ0n) is 26.0. The summed E-state index contributed by atoms with van der Waals surface area (Å²) in [5.41, 5.74) is 9.74. The third-order valence-electron chi connectivity index (χ3n) is 9.98. The predicted molar refractivity (Wildman–Crippen MR) is 193 cm³/mol. The molecule has 1 unspecified atom stereocenters. The first-order valence-electron chi connectivity index (χ1n) is 16.4. The Morgan fingerprint density at radius 3 is 1.81 bits per heavy atom. The second-order valence-electron chi connectivity index (χ2n) is 12.6. The van der Waals surface area contributed by atoms with Crippen LogP contribution < -0.4 is 10.1 Å². The number of rotatable bonds is 3. The van der Waals surface area contributed by atoms with Crippen molar-refractivity contribution in [2.75, 3.05) is 0 Å². The zero-order chi connectivity index (χ0) is 31.7. The molecule has 4 heteroatoms. The third kappa shape index (κ3) is 3.83. The highest BCUT2D eigenvalue weighted by molar-refractivity contribution is 6.13. The number of hydrogen-bond acceptors (Lipinski definition) is 4. The first-order valence-corrected chi connectivity index (χ1v) is 16.4. The smallest absolute Gasteiger partial charge is 0.159 e. The van der Waals surface area contributed by atoms with E-state index >= 15 is 0 Å². The molecule has 2 heterocycles. The molecule has 1 aliphatic carbocycles. The van der Waals surface area contributed by atoms with Crippen molar-refractivity contribution in [1.82, 2.24) is 5.32 Å². The molecule has 0 saturated carbocycles. The first-order chi connectivity index (χ1) is 23.8. The highest BCUT2D eigenvalue weighted by atomic mass is 16.5. The van der Waals surface area contributed by atoms with Gasteiger partial charge in [-0.2, -0.15) is 0 Å². The van der Waals surface area contributed by atoms with Crippen molar-refractivity contribution < 1.29 is 4.74 Å². The minimum Gasteiger partial charge on any atom is -0.457 e. The average molecular weight is 616 g/mol.